The van der Waals surface area contributed by atoms with E-state index in [1.165, 1.54) is 38.6 Å². The summed E-state index contributed by atoms with van der Waals surface area (Å²) in [5.74, 6) is 1.75. The predicted octanol–water partition coefficient (Wildman–Crippen LogP) is 7.43. The Hall–Kier alpha value is -3.33. The van der Waals surface area contributed by atoms with E-state index in [9.17, 15) is 0 Å². The van der Waals surface area contributed by atoms with E-state index in [1.807, 2.05) is 6.20 Å². The molecular weight excluding hydrogens is 378 g/mol. The fraction of sp³-hybridized carbons (Fsp3) is 0.250. The van der Waals surface area contributed by atoms with E-state index in [0.29, 0.717) is 11.8 Å². The molecule has 0 aliphatic heterocycles. The second-order valence-corrected chi connectivity index (χ2v) is 9.00. The highest BCUT2D eigenvalue weighted by molar-refractivity contribution is 6.10. The molecule has 2 heterocycles. The van der Waals surface area contributed by atoms with Gasteiger partial charge in [-0.15, -0.1) is 0 Å². The van der Waals surface area contributed by atoms with Crippen molar-refractivity contribution >= 4 is 21.8 Å². The highest BCUT2D eigenvalue weighted by atomic mass is 15.1. The minimum atomic E-state index is 0.366. The molecule has 0 atom stereocenters. The molecule has 2 aromatic heterocycles. The van der Waals surface area contributed by atoms with Gasteiger partial charge in [-0.3, -0.25) is 4.57 Å². The van der Waals surface area contributed by atoms with Crippen molar-refractivity contribution in [1.29, 1.82) is 0 Å². The summed E-state index contributed by atoms with van der Waals surface area (Å²) in [5, 5.41) is 2.67. The number of fused-ring (bicyclic) bond motifs is 3. The second kappa shape index (κ2) is 7.42. The van der Waals surface area contributed by atoms with Gasteiger partial charge in [-0.05, 0) is 29.5 Å². The van der Waals surface area contributed by atoms with Crippen LogP contribution in [0, 0.1) is 0 Å². The Morgan fingerprint density at radius 2 is 1.52 bits per heavy atom. The third-order valence-electron chi connectivity index (χ3n) is 6.34. The van der Waals surface area contributed by atoms with Crippen LogP contribution in [0.4, 0.5) is 0 Å². The summed E-state index contributed by atoms with van der Waals surface area (Å²) in [7, 11) is 2.20. The fourth-order valence-electron chi connectivity index (χ4n) is 4.93. The lowest BCUT2D eigenvalue weighted by molar-refractivity contribution is 0.808. The van der Waals surface area contributed by atoms with Crippen molar-refractivity contribution in [1.82, 2.24) is 14.1 Å². The van der Waals surface area contributed by atoms with Gasteiger partial charge < -0.3 is 4.57 Å². The van der Waals surface area contributed by atoms with Crippen LogP contribution < -0.4 is 0 Å². The number of rotatable bonds is 4. The molecule has 0 N–H and O–H groups in total. The van der Waals surface area contributed by atoms with Crippen LogP contribution in [0.15, 0.2) is 73.1 Å². The summed E-state index contributed by atoms with van der Waals surface area (Å²) in [6, 6.07) is 21.6. The minimum Gasteiger partial charge on any atom is -0.343 e. The largest absolute Gasteiger partial charge is 0.343 e. The summed E-state index contributed by atoms with van der Waals surface area (Å²) in [6.45, 7) is 9.19. The van der Waals surface area contributed by atoms with E-state index in [0.717, 1.165) is 11.4 Å². The van der Waals surface area contributed by atoms with Gasteiger partial charge in [0, 0.05) is 46.9 Å². The molecule has 5 aromatic rings. The molecule has 0 saturated heterocycles. The number of hydrogen-bond donors (Lipinski definition) is 0. The van der Waals surface area contributed by atoms with Crippen LogP contribution in [0.25, 0.3) is 38.9 Å². The van der Waals surface area contributed by atoms with Crippen LogP contribution in [0.1, 0.15) is 50.7 Å². The summed E-state index contributed by atoms with van der Waals surface area (Å²) in [6.07, 6.45) is 4.03. The van der Waals surface area contributed by atoms with Gasteiger partial charge in [0.1, 0.15) is 5.82 Å². The van der Waals surface area contributed by atoms with E-state index in [2.05, 4.69) is 111 Å². The molecule has 0 unspecified atom stereocenters. The average Bonchev–Trinajstić information content (AvgIpc) is 3.37. The summed E-state index contributed by atoms with van der Waals surface area (Å²) in [5.41, 5.74) is 7.76. The van der Waals surface area contributed by atoms with Crippen LogP contribution in [0.2, 0.25) is 0 Å². The third-order valence-corrected chi connectivity index (χ3v) is 6.34. The van der Waals surface area contributed by atoms with Crippen LogP contribution in [-0.2, 0) is 7.05 Å². The lowest BCUT2D eigenvalue weighted by Gasteiger charge is -2.24. The Morgan fingerprint density at radius 1 is 0.806 bits per heavy atom. The van der Waals surface area contributed by atoms with E-state index in [1.54, 1.807) is 0 Å². The Bertz CT molecular complexity index is 1380. The number of nitrogens with zero attached hydrogens (tertiary/aromatic N) is 3. The summed E-state index contributed by atoms with van der Waals surface area (Å²) < 4.78 is 4.67. The highest BCUT2D eigenvalue weighted by Gasteiger charge is 2.24. The zero-order chi connectivity index (χ0) is 21.7. The number of hydrogen-bond acceptors (Lipinski definition) is 1. The molecule has 0 aliphatic rings. The average molecular weight is 408 g/mol. The standard InChI is InChI=1S/C28H29N3/c1-18(2)22-17-23-21-13-9-10-14-24(21)30(5)26(23)25(19(3)4)27(22)31-16-15-29-28(31)20-11-7-6-8-12-20/h6-19H,1-5H3. The Balaban J connectivity index is 1.95. The van der Waals surface area contributed by atoms with Crippen molar-refractivity contribution in [3.63, 3.8) is 0 Å². The molecule has 0 spiro atoms. The topological polar surface area (TPSA) is 22.8 Å². The van der Waals surface area contributed by atoms with Gasteiger partial charge in [0.05, 0.1) is 11.2 Å². The van der Waals surface area contributed by atoms with Crippen molar-refractivity contribution in [2.75, 3.05) is 0 Å². The number of para-hydroxylation sites is 1. The first-order valence-electron chi connectivity index (χ1n) is 11.1. The maximum atomic E-state index is 4.77. The smallest absolute Gasteiger partial charge is 0.144 e. The number of aromatic nitrogens is 3. The van der Waals surface area contributed by atoms with Crippen molar-refractivity contribution in [3.8, 4) is 17.1 Å². The fourth-order valence-corrected chi connectivity index (χ4v) is 4.93. The molecule has 0 radical (unpaired) electrons. The molecule has 5 rings (SSSR count). The lowest BCUT2D eigenvalue weighted by atomic mass is 9.89. The van der Waals surface area contributed by atoms with Gasteiger partial charge in [0.25, 0.3) is 0 Å². The first kappa shape index (κ1) is 19.6. The van der Waals surface area contributed by atoms with Crippen LogP contribution >= 0.6 is 0 Å². The normalized spacial score (nSPS) is 12.0. The van der Waals surface area contributed by atoms with E-state index < -0.39 is 0 Å². The Labute approximate surface area is 184 Å². The SMILES string of the molecule is CC(C)c1cc2c3ccccc3n(C)c2c(C(C)C)c1-n1ccnc1-c1ccccc1. The number of imidazole rings is 1. The molecule has 0 saturated carbocycles. The molecule has 31 heavy (non-hydrogen) atoms. The maximum absolute atomic E-state index is 4.77. The van der Waals surface area contributed by atoms with Crippen molar-refractivity contribution in [2.45, 2.75) is 39.5 Å². The molecule has 0 aliphatic carbocycles. The molecule has 3 aromatic carbocycles. The molecule has 0 fully saturated rings. The van der Waals surface area contributed by atoms with Gasteiger partial charge in [0.2, 0.25) is 0 Å². The maximum Gasteiger partial charge on any atom is 0.144 e. The monoisotopic (exact) mass is 407 g/mol. The van der Waals surface area contributed by atoms with Gasteiger partial charge in [-0.1, -0.05) is 76.2 Å². The van der Waals surface area contributed by atoms with Gasteiger partial charge in [-0.2, -0.15) is 0 Å². The van der Waals surface area contributed by atoms with E-state index >= 15 is 0 Å². The number of aryl methyl sites for hydroxylation is 1. The van der Waals surface area contributed by atoms with Crippen molar-refractivity contribution in [2.24, 2.45) is 7.05 Å². The quantitative estimate of drug-likeness (QED) is 0.304. The zero-order valence-corrected chi connectivity index (χ0v) is 18.9. The third kappa shape index (κ3) is 2.99. The molecule has 3 heteroatoms. The highest BCUT2D eigenvalue weighted by Crippen LogP contribution is 2.42. The van der Waals surface area contributed by atoms with Crippen LogP contribution in [0.3, 0.4) is 0 Å². The molecule has 0 bridgehead atoms. The van der Waals surface area contributed by atoms with E-state index in [-0.39, 0.29) is 0 Å². The van der Waals surface area contributed by atoms with Crippen molar-refractivity contribution in [3.05, 3.63) is 84.2 Å². The first-order chi connectivity index (χ1) is 15.0. The van der Waals surface area contributed by atoms with Gasteiger partial charge in [-0.25, -0.2) is 4.98 Å². The van der Waals surface area contributed by atoms with Crippen LogP contribution in [-0.4, -0.2) is 14.1 Å². The molecular formula is C28H29N3. The van der Waals surface area contributed by atoms with Gasteiger partial charge in [0.15, 0.2) is 0 Å². The molecule has 156 valence electrons. The van der Waals surface area contributed by atoms with E-state index in [4.69, 9.17) is 4.98 Å². The number of benzene rings is 3. The lowest BCUT2D eigenvalue weighted by Crippen LogP contribution is -2.10. The van der Waals surface area contributed by atoms with Gasteiger partial charge >= 0.3 is 0 Å². The van der Waals surface area contributed by atoms with Crippen molar-refractivity contribution < 1.29 is 0 Å². The zero-order valence-electron chi connectivity index (χ0n) is 18.9. The molecule has 0 amide bonds. The molecule has 3 nitrogen and oxygen atoms in total. The first-order valence-corrected chi connectivity index (χ1v) is 11.1. The summed E-state index contributed by atoms with van der Waals surface area (Å²) >= 11 is 0. The summed E-state index contributed by atoms with van der Waals surface area (Å²) in [4.78, 5) is 4.77. The Morgan fingerprint density at radius 3 is 2.23 bits per heavy atom. The Kier molecular flexibility index (Phi) is 4.70. The van der Waals surface area contributed by atoms with Crippen LogP contribution in [0.5, 0.6) is 0 Å². The second-order valence-electron chi connectivity index (χ2n) is 9.00. The predicted molar refractivity (Wildman–Crippen MR) is 131 cm³/mol. The minimum absolute atomic E-state index is 0.366.